The minimum atomic E-state index is -0.835. The molecule has 0 bridgehead atoms. The van der Waals surface area contributed by atoms with Crippen molar-refractivity contribution in [1.29, 1.82) is 0 Å². The fourth-order valence-corrected chi connectivity index (χ4v) is 5.27. The van der Waals surface area contributed by atoms with Crippen LogP contribution in [0.15, 0.2) is 72.1 Å². The van der Waals surface area contributed by atoms with Crippen molar-refractivity contribution in [2.24, 2.45) is 5.73 Å². The number of amides is 3. The fraction of sp³-hybridized carbons (Fsp3) is 0.406. The van der Waals surface area contributed by atoms with Gasteiger partial charge in [-0.05, 0) is 54.8 Å². The van der Waals surface area contributed by atoms with Crippen molar-refractivity contribution in [3.63, 3.8) is 0 Å². The topological polar surface area (TPSA) is 105 Å². The molecule has 0 aliphatic carbocycles. The van der Waals surface area contributed by atoms with E-state index in [9.17, 15) is 14.4 Å². The Balaban J connectivity index is 1.83. The zero-order chi connectivity index (χ0) is 30.0. The van der Waals surface area contributed by atoms with Gasteiger partial charge in [0.2, 0.25) is 17.7 Å². The second-order valence-electron chi connectivity index (χ2n) is 11.0. The first-order valence-corrected chi connectivity index (χ1v) is 14.7. The van der Waals surface area contributed by atoms with Crippen LogP contribution in [0.4, 0.5) is 0 Å². The van der Waals surface area contributed by atoms with Gasteiger partial charge in [0.25, 0.3) is 0 Å². The van der Waals surface area contributed by atoms with Gasteiger partial charge in [-0.3, -0.25) is 14.4 Å². The minimum Gasteiger partial charge on any atom is -0.370 e. The summed E-state index contributed by atoms with van der Waals surface area (Å²) in [6.45, 7) is 3.63. The summed E-state index contributed by atoms with van der Waals surface area (Å²) in [7, 11) is 4.80. The van der Waals surface area contributed by atoms with Gasteiger partial charge in [0.15, 0.2) is 0 Å². The molecule has 8 nitrogen and oxygen atoms in total. The molecule has 0 aliphatic rings. The molecule has 3 N–H and O–H groups in total. The quantitative estimate of drug-likeness (QED) is 0.303. The van der Waals surface area contributed by atoms with Crippen LogP contribution in [0.3, 0.4) is 0 Å². The SMILES string of the molecule is CNC(=O)[C@@H](CCc1cccs1)N(C)C(=O)[C@@H](Cc1ccc(-c2ccccc2)cc1)N(C)C(=O)COCC(C)(C)N. The van der Waals surface area contributed by atoms with Crippen LogP contribution >= 0.6 is 11.3 Å². The summed E-state index contributed by atoms with van der Waals surface area (Å²) in [5.74, 6) is -0.894. The van der Waals surface area contributed by atoms with E-state index in [2.05, 4.69) is 5.32 Å². The Morgan fingerprint density at radius 2 is 1.59 bits per heavy atom. The number of nitrogens with one attached hydrogen (secondary N) is 1. The molecular weight excluding hydrogens is 536 g/mol. The van der Waals surface area contributed by atoms with Crippen molar-refractivity contribution in [1.82, 2.24) is 15.1 Å². The van der Waals surface area contributed by atoms with Crippen molar-refractivity contribution in [3.8, 4) is 11.1 Å². The first kappa shape index (κ1) is 32.0. The molecule has 0 saturated heterocycles. The Hall–Kier alpha value is -3.53. The third-order valence-corrected chi connectivity index (χ3v) is 7.88. The standard InChI is InChI=1S/C32H42N4O4S/c1-32(2,33)22-40-21-29(37)35(4)28(20-23-13-15-25(16-14-23)24-10-7-6-8-11-24)31(39)36(5)27(30(38)34-3)18-17-26-12-9-19-41-26/h6-16,19,27-28H,17-18,20-22,33H2,1-5H3,(H,34,38)/t27-,28-/m1/s1. The summed E-state index contributed by atoms with van der Waals surface area (Å²) in [6.07, 6.45) is 1.41. The van der Waals surface area contributed by atoms with Gasteiger partial charge in [-0.1, -0.05) is 60.7 Å². The highest BCUT2D eigenvalue weighted by Gasteiger charge is 2.34. The van der Waals surface area contributed by atoms with Crippen LogP contribution in [-0.2, 0) is 32.0 Å². The van der Waals surface area contributed by atoms with Gasteiger partial charge >= 0.3 is 0 Å². The molecule has 2 aromatic carbocycles. The van der Waals surface area contributed by atoms with E-state index in [1.54, 1.807) is 32.5 Å². The van der Waals surface area contributed by atoms with Crippen molar-refractivity contribution < 1.29 is 19.1 Å². The zero-order valence-corrected chi connectivity index (χ0v) is 25.4. The average Bonchev–Trinajstić information content (AvgIpc) is 3.48. The summed E-state index contributed by atoms with van der Waals surface area (Å²) in [4.78, 5) is 44.1. The highest BCUT2D eigenvalue weighted by Crippen LogP contribution is 2.22. The number of rotatable bonds is 14. The van der Waals surface area contributed by atoms with Crippen molar-refractivity contribution >= 4 is 29.1 Å². The summed E-state index contributed by atoms with van der Waals surface area (Å²) >= 11 is 1.62. The lowest BCUT2D eigenvalue weighted by Gasteiger charge is -2.34. The number of hydrogen-bond acceptors (Lipinski definition) is 6. The van der Waals surface area contributed by atoms with E-state index in [4.69, 9.17) is 10.5 Å². The minimum absolute atomic E-state index is 0.200. The molecule has 0 fully saturated rings. The number of carbonyl (C=O) groups excluding carboxylic acids is 3. The first-order valence-electron chi connectivity index (χ1n) is 13.8. The van der Waals surface area contributed by atoms with Crippen LogP contribution < -0.4 is 11.1 Å². The van der Waals surface area contributed by atoms with E-state index < -0.39 is 17.6 Å². The monoisotopic (exact) mass is 578 g/mol. The maximum atomic E-state index is 14.0. The number of ether oxygens (including phenoxy) is 1. The van der Waals surface area contributed by atoms with Gasteiger partial charge in [-0.15, -0.1) is 11.3 Å². The van der Waals surface area contributed by atoms with E-state index >= 15 is 0 Å². The number of likely N-dealkylation sites (N-methyl/N-ethyl adjacent to an activating group) is 3. The molecule has 2 atom stereocenters. The summed E-state index contributed by atoms with van der Waals surface area (Å²) in [6, 6.07) is 20.5. The lowest BCUT2D eigenvalue weighted by molar-refractivity contribution is -0.149. The normalized spacial score (nSPS) is 12.8. The number of nitrogens with two attached hydrogens (primary N) is 1. The molecule has 9 heteroatoms. The molecule has 220 valence electrons. The van der Waals surface area contributed by atoms with E-state index in [-0.39, 0.29) is 37.4 Å². The highest BCUT2D eigenvalue weighted by atomic mass is 32.1. The number of aryl methyl sites for hydroxylation is 1. The number of nitrogens with zero attached hydrogens (tertiary/aromatic N) is 2. The van der Waals surface area contributed by atoms with Crippen LogP contribution in [0.5, 0.6) is 0 Å². The number of carbonyl (C=O) groups is 3. The molecule has 3 aromatic rings. The van der Waals surface area contributed by atoms with Crippen LogP contribution in [0.2, 0.25) is 0 Å². The summed E-state index contributed by atoms with van der Waals surface area (Å²) < 4.78 is 5.57. The number of hydrogen-bond donors (Lipinski definition) is 2. The van der Waals surface area contributed by atoms with Crippen LogP contribution in [0.1, 0.15) is 30.7 Å². The zero-order valence-electron chi connectivity index (χ0n) is 24.6. The molecule has 3 rings (SSSR count). The van der Waals surface area contributed by atoms with Gasteiger partial charge in [0.05, 0.1) is 6.61 Å². The second kappa shape index (κ2) is 14.9. The van der Waals surface area contributed by atoms with Crippen LogP contribution in [0, 0.1) is 0 Å². The van der Waals surface area contributed by atoms with Crippen LogP contribution in [-0.4, -0.2) is 79.5 Å². The lowest BCUT2D eigenvalue weighted by Crippen LogP contribution is -2.55. The second-order valence-corrected chi connectivity index (χ2v) is 12.0. The average molecular weight is 579 g/mol. The fourth-order valence-electron chi connectivity index (χ4n) is 4.54. The third-order valence-electron chi connectivity index (χ3n) is 6.94. The van der Waals surface area contributed by atoms with Gasteiger partial charge in [-0.25, -0.2) is 0 Å². The van der Waals surface area contributed by atoms with Gasteiger partial charge in [0, 0.05) is 38.0 Å². The third kappa shape index (κ3) is 9.52. The number of thiophene rings is 1. The van der Waals surface area contributed by atoms with E-state index in [1.807, 2.05) is 86.0 Å². The molecule has 3 amide bonds. The molecule has 0 radical (unpaired) electrons. The molecule has 1 aromatic heterocycles. The Morgan fingerprint density at radius 3 is 2.17 bits per heavy atom. The first-order chi connectivity index (χ1) is 19.5. The largest absolute Gasteiger partial charge is 0.370 e. The molecular formula is C32H42N4O4S. The maximum absolute atomic E-state index is 14.0. The molecule has 0 spiro atoms. The summed E-state index contributed by atoms with van der Waals surface area (Å²) in [5, 5.41) is 4.69. The molecule has 0 saturated carbocycles. The van der Waals surface area contributed by atoms with Gasteiger partial charge in [0.1, 0.15) is 18.7 Å². The van der Waals surface area contributed by atoms with E-state index in [1.165, 1.54) is 9.80 Å². The molecule has 0 aliphatic heterocycles. The van der Waals surface area contributed by atoms with Crippen molar-refractivity contribution in [2.45, 2.75) is 50.7 Å². The Kier molecular flexibility index (Phi) is 11.6. The Bertz CT molecular complexity index is 1260. The summed E-state index contributed by atoms with van der Waals surface area (Å²) in [5.41, 5.74) is 8.46. The predicted molar refractivity (Wildman–Crippen MR) is 164 cm³/mol. The van der Waals surface area contributed by atoms with E-state index in [0.717, 1.165) is 21.6 Å². The predicted octanol–water partition coefficient (Wildman–Crippen LogP) is 3.74. The Morgan fingerprint density at radius 1 is 0.927 bits per heavy atom. The van der Waals surface area contributed by atoms with E-state index in [0.29, 0.717) is 12.8 Å². The molecule has 1 heterocycles. The number of benzene rings is 2. The van der Waals surface area contributed by atoms with Gasteiger partial charge in [-0.2, -0.15) is 0 Å². The molecule has 0 unspecified atom stereocenters. The van der Waals surface area contributed by atoms with Gasteiger partial charge < -0.3 is 25.6 Å². The van der Waals surface area contributed by atoms with Crippen molar-refractivity contribution in [2.75, 3.05) is 34.4 Å². The van der Waals surface area contributed by atoms with Crippen molar-refractivity contribution in [3.05, 3.63) is 82.6 Å². The van der Waals surface area contributed by atoms with Crippen LogP contribution in [0.25, 0.3) is 11.1 Å². The Labute approximate surface area is 247 Å². The highest BCUT2D eigenvalue weighted by molar-refractivity contribution is 7.09. The lowest BCUT2D eigenvalue weighted by atomic mass is 9.98. The smallest absolute Gasteiger partial charge is 0.249 e. The molecule has 41 heavy (non-hydrogen) atoms. The maximum Gasteiger partial charge on any atom is 0.249 e.